The molecule has 1 rings (SSSR count). The molecule has 0 N–H and O–H groups in total. The SMILES string of the molecule is CCCCCC[C@H](OC)c1ccc(Br)cc1. The Bertz CT molecular complexity index is 281. The molecule has 0 radical (unpaired) electrons. The third kappa shape index (κ3) is 4.67. The molecule has 90 valence electrons. The molecule has 0 saturated carbocycles. The highest BCUT2D eigenvalue weighted by atomic mass is 79.9. The van der Waals surface area contributed by atoms with Gasteiger partial charge in [-0.25, -0.2) is 0 Å². The van der Waals surface area contributed by atoms with Gasteiger partial charge in [0.05, 0.1) is 6.10 Å². The van der Waals surface area contributed by atoms with Crippen LogP contribution >= 0.6 is 15.9 Å². The topological polar surface area (TPSA) is 9.23 Å². The molecule has 0 unspecified atom stereocenters. The maximum absolute atomic E-state index is 5.54. The Labute approximate surface area is 107 Å². The van der Waals surface area contributed by atoms with Gasteiger partial charge in [-0.2, -0.15) is 0 Å². The number of rotatable bonds is 7. The van der Waals surface area contributed by atoms with E-state index in [-0.39, 0.29) is 6.10 Å². The van der Waals surface area contributed by atoms with Gasteiger partial charge in [-0.05, 0) is 24.1 Å². The highest BCUT2D eigenvalue weighted by Gasteiger charge is 2.09. The third-order valence-corrected chi connectivity index (χ3v) is 3.37. The third-order valence-electron chi connectivity index (χ3n) is 2.85. The first-order chi connectivity index (χ1) is 7.77. The molecule has 16 heavy (non-hydrogen) atoms. The van der Waals surface area contributed by atoms with Crippen molar-refractivity contribution in [2.75, 3.05) is 7.11 Å². The minimum atomic E-state index is 0.255. The van der Waals surface area contributed by atoms with E-state index in [1.54, 1.807) is 7.11 Å². The zero-order valence-electron chi connectivity index (χ0n) is 10.2. The second-order valence-electron chi connectivity index (χ2n) is 4.13. The smallest absolute Gasteiger partial charge is 0.0821 e. The van der Waals surface area contributed by atoms with Crippen molar-refractivity contribution in [3.05, 3.63) is 34.3 Å². The lowest BCUT2D eigenvalue weighted by molar-refractivity contribution is 0.0931. The lowest BCUT2D eigenvalue weighted by Crippen LogP contribution is -2.01. The van der Waals surface area contributed by atoms with E-state index in [1.807, 2.05) is 0 Å². The molecule has 1 nitrogen and oxygen atoms in total. The summed E-state index contributed by atoms with van der Waals surface area (Å²) < 4.78 is 6.66. The summed E-state index contributed by atoms with van der Waals surface area (Å²) in [4.78, 5) is 0. The molecule has 0 aliphatic rings. The highest BCUT2D eigenvalue weighted by Crippen LogP contribution is 2.24. The van der Waals surface area contributed by atoms with Crippen molar-refractivity contribution < 1.29 is 4.74 Å². The van der Waals surface area contributed by atoms with Crippen molar-refractivity contribution >= 4 is 15.9 Å². The van der Waals surface area contributed by atoms with Crippen molar-refractivity contribution in [1.82, 2.24) is 0 Å². The lowest BCUT2D eigenvalue weighted by atomic mass is 10.0. The Morgan fingerprint density at radius 1 is 1.12 bits per heavy atom. The molecule has 0 aliphatic carbocycles. The van der Waals surface area contributed by atoms with Crippen LogP contribution in [0.4, 0.5) is 0 Å². The molecule has 1 aromatic rings. The van der Waals surface area contributed by atoms with Gasteiger partial charge in [0, 0.05) is 11.6 Å². The minimum absolute atomic E-state index is 0.255. The summed E-state index contributed by atoms with van der Waals surface area (Å²) in [6, 6.07) is 8.43. The number of benzene rings is 1. The van der Waals surface area contributed by atoms with Crippen molar-refractivity contribution in [1.29, 1.82) is 0 Å². The van der Waals surface area contributed by atoms with Crippen molar-refractivity contribution in [3.8, 4) is 0 Å². The van der Waals surface area contributed by atoms with Gasteiger partial charge < -0.3 is 4.74 Å². The summed E-state index contributed by atoms with van der Waals surface area (Å²) in [5, 5.41) is 0. The first kappa shape index (κ1) is 13.7. The van der Waals surface area contributed by atoms with Gasteiger partial charge >= 0.3 is 0 Å². The monoisotopic (exact) mass is 284 g/mol. The average Bonchev–Trinajstić information content (AvgIpc) is 2.31. The molecule has 0 aromatic heterocycles. The molecular formula is C14H21BrO. The molecule has 0 amide bonds. The van der Waals surface area contributed by atoms with Gasteiger partial charge in [0.1, 0.15) is 0 Å². The van der Waals surface area contributed by atoms with Gasteiger partial charge in [0.2, 0.25) is 0 Å². The molecule has 0 saturated heterocycles. The fraction of sp³-hybridized carbons (Fsp3) is 0.571. The van der Waals surface area contributed by atoms with Crippen LogP contribution in [0.25, 0.3) is 0 Å². The number of hydrogen-bond donors (Lipinski definition) is 0. The van der Waals surface area contributed by atoms with Crippen LogP contribution in [0.2, 0.25) is 0 Å². The van der Waals surface area contributed by atoms with Crippen LogP contribution in [0, 0.1) is 0 Å². The summed E-state index contributed by atoms with van der Waals surface area (Å²) in [7, 11) is 1.80. The number of halogens is 1. The van der Waals surface area contributed by atoms with E-state index in [1.165, 1.54) is 31.2 Å². The zero-order chi connectivity index (χ0) is 11.8. The van der Waals surface area contributed by atoms with Crippen LogP contribution in [0.15, 0.2) is 28.7 Å². The van der Waals surface area contributed by atoms with Crippen LogP contribution in [0.1, 0.15) is 50.7 Å². The molecule has 1 aromatic carbocycles. The fourth-order valence-electron chi connectivity index (χ4n) is 1.85. The van der Waals surface area contributed by atoms with Gasteiger partial charge in [-0.3, -0.25) is 0 Å². The summed E-state index contributed by atoms with van der Waals surface area (Å²) in [5.41, 5.74) is 1.28. The maximum atomic E-state index is 5.54. The summed E-state index contributed by atoms with van der Waals surface area (Å²) in [5.74, 6) is 0. The Morgan fingerprint density at radius 2 is 1.81 bits per heavy atom. The zero-order valence-corrected chi connectivity index (χ0v) is 11.8. The Morgan fingerprint density at radius 3 is 2.38 bits per heavy atom. The van der Waals surface area contributed by atoms with Crippen LogP contribution in [-0.4, -0.2) is 7.11 Å². The predicted molar refractivity (Wildman–Crippen MR) is 72.7 cm³/mol. The lowest BCUT2D eigenvalue weighted by Gasteiger charge is -2.15. The Balaban J connectivity index is 2.44. The largest absolute Gasteiger partial charge is 0.377 e. The number of ether oxygens (including phenoxy) is 1. The summed E-state index contributed by atoms with van der Waals surface area (Å²) in [6.45, 7) is 2.24. The van der Waals surface area contributed by atoms with E-state index in [0.717, 1.165) is 10.9 Å². The Hall–Kier alpha value is -0.340. The van der Waals surface area contributed by atoms with Crippen molar-refractivity contribution in [2.24, 2.45) is 0 Å². The standard InChI is InChI=1S/C14H21BrO/c1-3-4-5-6-7-14(16-2)12-8-10-13(15)11-9-12/h8-11,14H,3-7H2,1-2H3/t14-/m0/s1. The molecular weight excluding hydrogens is 264 g/mol. The average molecular weight is 285 g/mol. The van der Waals surface area contributed by atoms with Gasteiger partial charge in [0.15, 0.2) is 0 Å². The van der Waals surface area contributed by atoms with E-state index in [4.69, 9.17) is 4.74 Å². The summed E-state index contributed by atoms with van der Waals surface area (Å²) >= 11 is 3.45. The van der Waals surface area contributed by atoms with E-state index < -0.39 is 0 Å². The van der Waals surface area contributed by atoms with Gasteiger partial charge in [-0.15, -0.1) is 0 Å². The second kappa shape index (κ2) is 7.86. The second-order valence-corrected chi connectivity index (χ2v) is 5.04. The quantitative estimate of drug-likeness (QED) is 0.633. The van der Waals surface area contributed by atoms with Crippen molar-refractivity contribution in [3.63, 3.8) is 0 Å². The molecule has 0 heterocycles. The van der Waals surface area contributed by atoms with Gasteiger partial charge in [-0.1, -0.05) is 60.7 Å². The van der Waals surface area contributed by atoms with Crippen molar-refractivity contribution in [2.45, 2.75) is 45.1 Å². The van der Waals surface area contributed by atoms with E-state index in [2.05, 4.69) is 47.1 Å². The van der Waals surface area contributed by atoms with Crippen LogP contribution < -0.4 is 0 Å². The molecule has 0 bridgehead atoms. The number of methoxy groups -OCH3 is 1. The number of hydrogen-bond acceptors (Lipinski definition) is 1. The van der Waals surface area contributed by atoms with E-state index >= 15 is 0 Å². The van der Waals surface area contributed by atoms with Gasteiger partial charge in [0.25, 0.3) is 0 Å². The van der Waals surface area contributed by atoms with E-state index in [9.17, 15) is 0 Å². The Kier molecular flexibility index (Phi) is 6.74. The molecule has 0 aliphatic heterocycles. The first-order valence-electron chi connectivity index (χ1n) is 6.06. The molecule has 0 fully saturated rings. The minimum Gasteiger partial charge on any atom is -0.377 e. The first-order valence-corrected chi connectivity index (χ1v) is 6.85. The highest BCUT2D eigenvalue weighted by molar-refractivity contribution is 9.10. The number of unbranched alkanes of at least 4 members (excludes halogenated alkanes) is 3. The van der Waals surface area contributed by atoms with Crippen LogP contribution in [-0.2, 0) is 4.74 Å². The maximum Gasteiger partial charge on any atom is 0.0821 e. The fourth-order valence-corrected chi connectivity index (χ4v) is 2.12. The van der Waals surface area contributed by atoms with Crippen LogP contribution in [0.5, 0.6) is 0 Å². The predicted octanol–water partition coefficient (Wildman–Crippen LogP) is 5.11. The summed E-state index contributed by atoms with van der Waals surface area (Å²) in [6.07, 6.45) is 6.56. The normalized spacial score (nSPS) is 12.7. The van der Waals surface area contributed by atoms with E-state index in [0.29, 0.717) is 0 Å². The molecule has 2 heteroatoms. The van der Waals surface area contributed by atoms with Crippen LogP contribution in [0.3, 0.4) is 0 Å². The molecule has 1 atom stereocenters. The molecule has 0 spiro atoms.